The number of hydrogen-bond donors (Lipinski definition) is 3. The van der Waals surface area contributed by atoms with Crippen molar-refractivity contribution in [3.05, 3.63) is 48.5 Å². The summed E-state index contributed by atoms with van der Waals surface area (Å²) >= 11 is 1.71. The van der Waals surface area contributed by atoms with E-state index >= 15 is 0 Å². The number of rotatable bonds is 5. The van der Waals surface area contributed by atoms with E-state index in [-0.39, 0.29) is 5.91 Å². The van der Waals surface area contributed by atoms with Crippen LogP contribution in [0.15, 0.2) is 53.4 Å². The van der Waals surface area contributed by atoms with Crippen molar-refractivity contribution in [2.75, 3.05) is 22.4 Å². The summed E-state index contributed by atoms with van der Waals surface area (Å²) in [7, 11) is 0. The zero-order valence-corrected chi connectivity index (χ0v) is 12.3. The van der Waals surface area contributed by atoms with Crippen molar-refractivity contribution in [2.45, 2.75) is 11.8 Å². The summed E-state index contributed by atoms with van der Waals surface area (Å²) in [6.07, 6.45) is 2.05. The Kier molecular flexibility index (Phi) is 4.90. The molecule has 0 saturated carbocycles. The highest BCUT2D eigenvalue weighted by Gasteiger charge is 1.98. The first-order valence-corrected chi connectivity index (χ1v) is 7.43. The monoisotopic (exact) mass is 287 g/mol. The highest BCUT2D eigenvalue weighted by atomic mass is 32.2. The molecule has 1 amide bonds. The van der Waals surface area contributed by atoms with Gasteiger partial charge in [-0.25, -0.2) is 0 Å². The summed E-state index contributed by atoms with van der Waals surface area (Å²) in [5.74, 6) is -0.0808. The molecule has 4 nitrogen and oxygen atoms in total. The molecule has 0 unspecified atom stereocenters. The van der Waals surface area contributed by atoms with Gasteiger partial charge in [-0.1, -0.05) is 6.07 Å². The standard InChI is InChI=1S/C15H17N3OS/c1-11(19)16-13-4-3-5-14(10-13)18-17-12-6-8-15(20-2)9-7-12/h3-10,17-18H,1-2H3,(H,16,19). The Bertz CT molecular complexity index is 584. The van der Waals surface area contributed by atoms with Crippen LogP contribution in [0.5, 0.6) is 0 Å². The molecule has 2 aromatic rings. The molecule has 0 saturated heterocycles. The topological polar surface area (TPSA) is 53.2 Å². The highest BCUT2D eigenvalue weighted by Crippen LogP contribution is 2.19. The third-order valence-corrected chi connectivity index (χ3v) is 3.37. The van der Waals surface area contributed by atoms with Crippen LogP contribution in [0.3, 0.4) is 0 Å². The number of anilines is 3. The molecule has 0 aliphatic carbocycles. The van der Waals surface area contributed by atoms with E-state index in [2.05, 4.69) is 28.3 Å². The number of benzene rings is 2. The fourth-order valence-corrected chi connectivity index (χ4v) is 2.10. The Morgan fingerprint density at radius 3 is 2.25 bits per heavy atom. The Morgan fingerprint density at radius 2 is 1.60 bits per heavy atom. The third kappa shape index (κ3) is 4.20. The first-order chi connectivity index (χ1) is 9.67. The quantitative estimate of drug-likeness (QED) is 0.578. The van der Waals surface area contributed by atoms with Gasteiger partial charge in [-0.3, -0.25) is 4.79 Å². The largest absolute Gasteiger partial charge is 0.326 e. The van der Waals surface area contributed by atoms with Crippen LogP contribution in [0.25, 0.3) is 0 Å². The van der Waals surface area contributed by atoms with Gasteiger partial charge in [0.25, 0.3) is 0 Å². The minimum absolute atomic E-state index is 0.0808. The molecule has 0 fully saturated rings. The number of carbonyl (C=O) groups excluding carboxylic acids is 1. The molecule has 2 rings (SSSR count). The molecule has 0 aliphatic rings. The summed E-state index contributed by atoms with van der Waals surface area (Å²) in [6, 6.07) is 15.7. The van der Waals surface area contributed by atoms with Crippen LogP contribution < -0.4 is 16.2 Å². The maximum atomic E-state index is 11.0. The fourth-order valence-electron chi connectivity index (χ4n) is 1.70. The van der Waals surface area contributed by atoms with E-state index in [0.29, 0.717) is 0 Å². The minimum Gasteiger partial charge on any atom is -0.326 e. The van der Waals surface area contributed by atoms with Crippen LogP contribution in [0.1, 0.15) is 6.92 Å². The Morgan fingerprint density at radius 1 is 0.950 bits per heavy atom. The molecule has 2 aromatic carbocycles. The van der Waals surface area contributed by atoms with Gasteiger partial charge >= 0.3 is 0 Å². The normalized spacial score (nSPS) is 9.90. The van der Waals surface area contributed by atoms with E-state index in [1.54, 1.807) is 11.8 Å². The van der Waals surface area contributed by atoms with Crippen LogP contribution in [-0.2, 0) is 4.79 Å². The summed E-state index contributed by atoms with van der Waals surface area (Å²) < 4.78 is 0. The highest BCUT2D eigenvalue weighted by molar-refractivity contribution is 7.98. The van der Waals surface area contributed by atoms with E-state index in [0.717, 1.165) is 17.1 Å². The third-order valence-electron chi connectivity index (χ3n) is 2.62. The second-order valence-corrected chi connectivity index (χ2v) is 5.12. The summed E-state index contributed by atoms with van der Waals surface area (Å²) in [5.41, 5.74) is 8.85. The van der Waals surface area contributed by atoms with Gasteiger partial charge in [0, 0.05) is 17.5 Å². The first kappa shape index (κ1) is 14.3. The molecule has 0 spiro atoms. The van der Waals surface area contributed by atoms with Crippen LogP contribution in [0.2, 0.25) is 0 Å². The Hall–Kier alpha value is -2.14. The first-order valence-electron chi connectivity index (χ1n) is 6.21. The number of nitrogens with one attached hydrogen (secondary N) is 3. The van der Waals surface area contributed by atoms with Gasteiger partial charge in [0.05, 0.1) is 11.4 Å². The van der Waals surface area contributed by atoms with E-state index in [9.17, 15) is 4.79 Å². The maximum Gasteiger partial charge on any atom is 0.221 e. The van der Waals surface area contributed by atoms with Gasteiger partial charge in [-0.2, -0.15) is 0 Å². The molecule has 0 bridgehead atoms. The van der Waals surface area contributed by atoms with Crippen molar-refractivity contribution in [2.24, 2.45) is 0 Å². The number of amides is 1. The smallest absolute Gasteiger partial charge is 0.221 e. The molecule has 0 atom stereocenters. The molecular formula is C15H17N3OS. The van der Waals surface area contributed by atoms with Crippen molar-refractivity contribution >= 4 is 34.7 Å². The van der Waals surface area contributed by atoms with Crippen LogP contribution in [0, 0.1) is 0 Å². The summed E-state index contributed by atoms with van der Waals surface area (Å²) in [4.78, 5) is 12.2. The van der Waals surface area contributed by atoms with Gasteiger partial charge in [0.2, 0.25) is 5.91 Å². The predicted octanol–water partition coefficient (Wildman–Crippen LogP) is 3.81. The lowest BCUT2D eigenvalue weighted by Crippen LogP contribution is -2.10. The molecule has 104 valence electrons. The molecule has 0 radical (unpaired) electrons. The number of hydrazine groups is 1. The summed E-state index contributed by atoms with van der Waals surface area (Å²) in [5, 5.41) is 2.75. The van der Waals surface area contributed by atoms with Gasteiger partial charge < -0.3 is 16.2 Å². The van der Waals surface area contributed by atoms with Gasteiger partial charge in [0.15, 0.2) is 0 Å². The van der Waals surface area contributed by atoms with E-state index < -0.39 is 0 Å². The SMILES string of the molecule is CSc1ccc(NNc2cccc(NC(C)=O)c2)cc1. The maximum absolute atomic E-state index is 11.0. The van der Waals surface area contributed by atoms with Gasteiger partial charge in [-0.05, 0) is 48.7 Å². The van der Waals surface area contributed by atoms with E-state index in [4.69, 9.17) is 0 Å². The second-order valence-electron chi connectivity index (χ2n) is 4.24. The zero-order valence-electron chi connectivity index (χ0n) is 11.4. The van der Waals surface area contributed by atoms with E-state index in [1.807, 2.05) is 42.7 Å². The predicted molar refractivity (Wildman–Crippen MR) is 86.2 cm³/mol. The summed E-state index contributed by atoms with van der Waals surface area (Å²) in [6.45, 7) is 1.49. The zero-order chi connectivity index (χ0) is 14.4. The van der Waals surface area contributed by atoms with Crippen LogP contribution in [0.4, 0.5) is 17.1 Å². The molecule has 5 heteroatoms. The van der Waals surface area contributed by atoms with Crippen molar-refractivity contribution in [1.29, 1.82) is 0 Å². The number of thioether (sulfide) groups is 1. The lowest BCUT2D eigenvalue weighted by Gasteiger charge is -2.11. The second kappa shape index (κ2) is 6.86. The van der Waals surface area contributed by atoms with E-state index in [1.165, 1.54) is 11.8 Å². The van der Waals surface area contributed by atoms with Gasteiger partial charge in [0.1, 0.15) is 0 Å². The average molecular weight is 287 g/mol. The molecule has 20 heavy (non-hydrogen) atoms. The lowest BCUT2D eigenvalue weighted by molar-refractivity contribution is -0.114. The van der Waals surface area contributed by atoms with Crippen molar-refractivity contribution in [1.82, 2.24) is 0 Å². The number of carbonyl (C=O) groups is 1. The minimum atomic E-state index is -0.0808. The van der Waals surface area contributed by atoms with Crippen molar-refractivity contribution in [3.8, 4) is 0 Å². The van der Waals surface area contributed by atoms with Crippen LogP contribution in [-0.4, -0.2) is 12.2 Å². The van der Waals surface area contributed by atoms with Crippen LogP contribution >= 0.6 is 11.8 Å². The Labute approximate surface area is 122 Å². The average Bonchev–Trinajstić information content (AvgIpc) is 2.45. The Balaban J connectivity index is 1.97. The molecular weight excluding hydrogens is 270 g/mol. The molecule has 3 N–H and O–H groups in total. The molecule has 0 aromatic heterocycles. The van der Waals surface area contributed by atoms with Gasteiger partial charge in [-0.15, -0.1) is 11.8 Å². The van der Waals surface area contributed by atoms with Crippen molar-refractivity contribution in [3.63, 3.8) is 0 Å². The van der Waals surface area contributed by atoms with Crippen molar-refractivity contribution < 1.29 is 4.79 Å². The lowest BCUT2D eigenvalue weighted by atomic mass is 10.3. The molecule has 0 heterocycles. The molecule has 0 aliphatic heterocycles. The number of hydrogen-bond acceptors (Lipinski definition) is 4. The fraction of sp³-hybridized carbons (Fsp3) is 0.133.